The summed E-state index contributed by atoms with van der Waals surface area (Å²) in [5.41, 5.74) is 2.64. The minimum Gasteiger partial charge on any atom is -0.462 e. The van der Waals surface area contributed by atoms with E-state index in [0.717, 1.165) is 23.8 Å². The fourth-order valence-electron chi connectivity index (χ4n) is 4.87. The number of esters is 2. The number of unbranched alkanes of at least 4 members (excludes halogenated alkanes) is 2. The van der Waals surface area contributed by atoms with Crippen LogP contribution < -0.4 is 0 Å². The molecule has 2 rings (SSSR count). The number of benzene rings is 1. The average molecular weight is 515 g/mol. The summed E-state index contributed by atoms with van der Waals surface area (Å²) in [4.78, 5) is 24.1. The predicted molar refractivity (Wildman–Crippen MR) is 146 cm³/mol. The van der Waals surface area contributed by atoms with Crippen molar-refractivity contribution in [3.8, 4) is 0 Å². The molecular weight excluding hydrogens is 468 g/mol. The molecule has 1 aliphatic rings. The van der Waals surface area contributed by atoms with Gasteiger partial charge in [0.1, 0.15) is 20.0 Å². The van der Waals surface area contributed by atoms with Gasteiger partial charge in [-0.1, -0.05) is 95.7 Å². The predicted octanol–water partition coefficient (Wildman–Crippen LogP) is 6.27. The maximum Gasteiger partial charge on any atom is 0.335 e. The van der Waals surface area contributed by atoms with E-state index in [1.807, 2.05) is 12.1 Å². The van der Waals surface area contributed by atoms with Crippen molar-refractivity contribution in [3.63, 3.8) is 0 Å². The second kappa shape index (κ2) is 17.1. The lowest BCUT2D eigenvalue weighted by Gasteiger charge is -2.28. The molecule has 6 nitrogen and oxygen atoms in total. The van der Waals surface area contributed by atoms with Crippen LogP contribution in [0.3, 0.4) is 0 Å². The van der Waals surface area contributed by atoms with Crippen molar-refractivity contribution in [2.75, 3.05) is 26.6 Å². The standard InChI is InChI=1S/C31H46O6/c1-5-6-7-8-25-9-11-26(12-10-25)13-14-27-15-17-28(18-16-27)29(20-36-30(33)23(2)3)21-37-31(34)24(4)19-35-22-32/h15-18,25-26,29,32H,2,4-14,19-22H2,1,3H3. The van der Waals surface area contributed by atoms with Gasteiger partial charge in [0.25, 0.3) is 0 Å². The van der Waals surface area contributed by atoms with E-state index >= 15 is 0 Å². The van der Waals surface area contributed by atoms with Crippen molar-refractivity contribution < 1.29 is 28.9 Å². The summed E-state index contributed by atoms with van der Waals surface area (Å²) in [6.07, 6.45) is 13.2. The highest BCUT2D eigenvalue weighted by Gasteiger charge is 2.21. The molecule has 6 heteroatoms. The number of hydrogen-bond donors (Lipinski definition) is 1. The lowest BCUT2D eigenvalue weighted by molar-refractivity contribution is -0.143. The van der Waals surface area contributed by atoms with Crippen LogP contribution in [0.1, 0.15) is 88.7 Å². The van der Waals surface area contributed by atoms with Crippen molar-refractivity contribution >= 4 is 11.9 Å². The van der Waals surface area contributed by atoms with Gasteiger partial charge in [0, 0.05) is 5.57 Å². The van der Waals surface area contributed by atoms with Crippen LogP contribution in [-0.2, 0) is 30.2 Å². The third-order valence-corrected chi connectivity index (χ3v) is 7.31. The molecule has 0 aliphatic heterocycles. The van der Waals surface area contributed by atoms with Crippen molar-refractivity contribution in [3.05, 3.63) is 59.7 Å². The molecule has 1 aliphatic carbocycles. The number of aliphatic hydroxyl groups excluding tert-OH is 1. The Kier molecular flexibility index (Phi) is 14.3. The molecule has 1 unspecified atom stereocenters. The molecule has 1 aromatic carbocycles. The molecular formula is C31H46O6. The van der Waals surface area contributed by atoms with Gasteiger partial charge in [0.05, 0.1) is 18.1 Å². The van der Waals surface area contributed by atoms with E-state index < -0.39 is 18.7 Å². The average Bonchev–Trinajstić information content (AvgIpc) is 2.91. The number of carbonyl (C=O) groups is 2. The normalized spacial score (nSPS) is 18.1. The van der Waals surface area contributed by atoms with Gasteiger partial charge in [-0.05, 0) is 42.7 Å². The molecule has 0 heterocycles. The largest absolute Gasteiger partial charge is 0.462 e. The summed E-state index contributed by atoms with van der Waals surface area (Å²) in [5, 5.41) is 8.74. The molecule has 1 aromatic rings. The Bertz CT molecular complexity index is 851. The van der Waals surface area contributed by atoms with Crippen molar-refractivity contribution in [1.82, 2.24) is 0 Å². The second-order valence-electron chi connectivity index (χ2n) is 10.4. The highest BCUT2D eigenvalue weighted by atomic mass is 16.6. The number of carbonyl (C=O) groups excluding carboxylic acids is 2. The fraction of sp³-hybridized carbons (Fsp3) is 0.613. The first kappa shape index (κ1) is 30.8. The summed E-state index contributed by atoms with van der Waals surface area (Å²) < 4.78 is 15.6. The van der Waals surface area contributed by atoms with Crippen LogP contribution in [0.15, 0.2) is 48.6 Å². The number of ether oxygens (including phenoxy) is 3. The Morgan fingerprint density at radius 1 is 0.946 bits per heavy atom. The lowest BCUT2D eigenvalue weighted by atomic mass is 9.77. The number of aryl methyl sites for hydroxylation is 1. The summed E-state index contributed by atoms with van der Waals surface area (Å²) >= 11 is 0. The van der Waals surface area contributed by atoms with Crippen LogP contribution in [0.2, 0.25) is 0 Å². The maximum atomic E-state index is 12.2. The summed E-state index contributed by atoms with van der Waals surface area (Å²) in [5.74, 6) is 0.344. The smallest absolute Gasteiger partial charge is 0.335 e. The molecule has 1 saturated carbocycles. The highest BCUT2D eigenvalue weighted by Crippen LogP contribution is 2.34. The minimum atomic E-state index is -0.610. The number of hydrogen-bond acceptors (Lipinski definition) is 6. The quantitative estimate of drug-likeness (QED) is 0.114. The molecule has 206 valence electrons. The van der Waals surface area contributed by atoms with Gasteiger partial charge in [-0.15, -0.1) is 0 Å². The lowest BCUT2D eigenvalue weighted by Crippen LogP contribution is -2.21. The molecule has 0 bridgehead atoms. The maximum absolute atomic E-state index is 12.2. The van der Waals surface area contributed by atoms with Crippen LogP contribution in [0.4, 0.5) is 0 Å². The van der Waals surface area contributed by atoms with Crippen molar-refractivity contribution in [1.29, 1.82) is 0 Å². The Hall–Kier alpha value is -2.44. The molecule has 1 atom stereocenters. The van der Waals surface area contributed by atoms with Crippen LogP contribution in [0.5, 0.6) is 0 Å². The zero-order chi connectivity index (χ0) is 27.0. The molecule has 0 amide bonds. The zero-order valence-electron chi connectivity index (χ0n) is 22.8. The monoisotopic (exact) mass is 514 g/mol. The topological polar surface area (TPSA) is 82.1 Å². The number of aliphatic hydroxyl groups is 1. The van der Waals surface area contributed by atoms with Gasteiger partial charge in [-0.3, -0.25) is 0 Å². The molecule has 0 radical (unpaired) electrons. The number of rotatable bonds is 17. The van der Waals surface area contributed by atoms with Gasteiger partial charge >= 0.3 is 11.9 Å². The second-order valence-corrected chi connectivity index (χ2v) is 10.4. The van der Waals surface area contributed by atoms with E-state index in [2.05, 4.69) is 32.2 Å². The van der Waals surface area contributed by atoms with Gasteiger partial charge in [0.15, 0.2) is 0 Å². The van der Waals surface area contributed by atoms with Gasteiger partial charge in [-0.2, -0.15) is 0 Å². The fourth-order valence-corrected chi connectivity index (χ4v) is 4.87. The van der Waals surface area contributed by atoms with Crippen molar-refractivity contribution in [2.24, 2.45) is 11.8 Å². The van der Waals surface area contributed by atoms with Gasteiger partial charge in [-0.25, -0.2) is 9.59 Å². The molecule has 0 aromatic heterocycles. The van der Waals surface area contributed by atoms with E-state index in [1.165, 1.54) is 63.4 Å². The van der Waals surface area contributed by atoms with Crippen LogP contribution in [0.25, 0.3) is 0 Å². The third kappa shape index (κ3) is 11.7. The summed E-state index contributed by atoms with van der Waals surface area (Å²) in [6, 6.07) is 8.29. The Labute approximate surface area is 223 Å². The first-order valence-corrected chi connectivity index (χ1v) is 13.8. The summed E-state index contributed by atoms with van der Waals surface area (Å²) in [6.45, 7) is 10.6. The Morgan fingerprint density at radius 2 is 1.54 bits per heavy atom. The zero-order valence-corrected chi connectivity index (χ0v) is 22.8. The molecule has 0 spiro atoms. The molecule has 37 heavy (non-hydrogen) atoms. The summed E-state index contributed by atoms with van der Waals surface area (Å²) in [7, 11) is 0. The van der Waals surface area contributed by atoms with E-state index in [4.69, 9.17) is 19.3 Å². The van der Waals surface area contributed by atoms with Crippen LogP contribution >= 0.6 is 0 Å². The highest BCUT2D eigenvalue weighted by molar-refractivity contribution is 5.88. The Balaban J connectivity index is 1.88. The SMILES string of the molecule is C=C(C)C(=O)OCC(COC(=O)C(=C)COCO)c1ccc(CCC2CCC(CCCCC)CC2)cc1. The third-order valence-electron chi connectivity index (χ3n) is 7.31. The minimum absolute atomic E-state index is 0.0291. The first-order valence-electron chi connectivity index (χ1n) is 13.8. The van der Waals surface area contributed by atoms with Gasteiger partial charge < -0.3 is 19.3 Å². The molecule has 0 saturated heterocycles. The van der Waals surface area contributed by atoms with Gasteiger partial charge in [0.2, 0.25) is 0 Å². The van der Waals surface area contributed by atoms with E-state index in [9.17, 15) is 9.59 Å². The first-order chi connectivity index (χ1) is 17.8. The van der Waals surface area contributed by atoms with Crippen LogP contribution in [0, 0.1) is 11.8 Å². The van der Waals surface area contributed by atoms with Crippen LogP contribution in [-0.4, -0.2) is 43.7 Å². The molecule has 1 N–H and O–H groups in total. The van der Waals surface area contributed by atoms with E-state index in [0.29, 0.717) is 5.57 Å². The molecule has 1 fully saturated rings. The van der Waals surface area contributed by atoms with E-state index in [-0.39, 0.29) is 31.3 Å². The Morgan fingerprint density at radius 3 is 2.11 bits per heavy atom. The van der Waals surface area contributed by atoms with E-state index in [1.54, 1.807) is 6.92 Å². The van der Waals surface area contributed by atoms with Crippen molar-refractivity contribution in [2.45, 2.75) is 84.0 Å².